The molecule has 5 heterocycles. The van der Waals surface area contributed by atoms with Crippen molar-refractivity contribution in [3.05, 3.63) is 42.5 Å². The molecule has 2 aliphatic heterocycles. The Balaban J connectivity index is 1.48. The molecule has 0 radical (unpaired) electrons. The Morgan fingerprint density at radius 1 is 1.24 bits per heavy atom. The van der Waals surface area contributed by atoms with Crippen molar-refractivity contribution in [3.8, 4) is 5.75 Å². The molecule has 1 unspecified atom stereocenters. The van der Waals surface area contributed by atoms with Crippen molar-refractivity contribution in [2.24, 2.45) is 0 Å². The molecule has 38 heavy (non-hydrogen) atoms. The van der Waals surface area contributed by atoms with Crippen LogP contribution in [0.1, 0.15) is 20.8 Å². The van der Waals surface area contributed by atoms with Crippen LogP contribution in [0.5, 0.6) is 5.75 Å². The summed E-state index contributed by atoms with van der Waals surface area (Å²) in [5.74, 6) is 0.466. The van der Waals surface area contributed by atoms with Gasteiger partial charge in [-0.2, -0.15) is 4.98 Å². The average molecular weight is 525 g/mol. The highest BCUT2D eigenvalue weighted by molar-refractivity contribution is 5.99. The molecule has 0 aromatic carbocycles. The molecule has 0 aliphatic carbocycles. The molecule has 200 valence electrons. The van der Waals surface area contributed by atoms with Gasteiger partial charge >= 0.3 is 0 Å². The highest BCUT2D eigenvalue weighted by Gasteiger charge is 2.36. The Hall–Kier alpha value is -4.10. The van der Waals surface area contributed by atoms with Gasteiger partial charge in [0.05, 0.1) is 37.4 Å². The molecular formula is C25H29FN8O4. The van der Waals surface area contributed by atoms with Gasteiger partial charge in [-0.3, -0.25) is 9.69 Å². The Morgan fingerprint density at radius 2 is 2.08 bits per heavy atom. The van der Waals surface area contributed by atoms with E-state index in [1.54, 1.807) is 37.1 Å². The molecule has 1 atom stereocenters. The standard InChI is InChI=1S/C25H29FN8O4/c1-4-36-14-16-13-33(9-10-37-16)19-7-5-15(11-28-19)34(24-29-12-17(26)21(27)31-24)20-8-6-18-22(30-20)32-23(35)25(2,3)38-18/h5-8,11-12,16H,4,9-10,13-14H2,1-3H3,(H2,27,29,31)(H,30,32,35). The van der Waals surface area contributed by atoms with E-state index in [0.29, 0.717) is 50.2 Å². The van der Waals surface area contributed by atoms with Crippen molar-refractivity contribution in [1.29, 1.82) is 0 Å². The van der Waals surface area contributed by atoms with Crippen LogP contribution in [-0.2, 0) is 14.3 Å². The largest absolute Gasteiger partial charge is 0.474 e. The van der Waals surface area contributed by atoms with Crippen molar-refractivity contribution in [2.75, 3.05) is 53.8 Å². The van der Waals surface area contributed by atoms with Gasteiger partial charge in [-0.15, -0.1) is 0 Å². The zero-order valence-electron chi connectivity index (χ0n) is 21.3. The number of hydrogen-bond acceptors (Lipinski definition) is 11. The van der Waals surface area contributed by atoms with Gasteiger partial charge in [0, 0.05) is 19.7 Å². The van der Waals surface area contributed by atoms with Gasteiger partial charge in [0.2, 0.25) is 5.95 Å². The Labute approximate surface area is 219 Å². The fourth-order valence-electron chi connectivity index (χ4n) is 4.12. The van der Waals surface area contributed by atoms with E-state index in [1.165, 1.54) is 0 Å². The number of carbonyl (C=O) groups excluding carboxylic acids is 1. The summed E-state index contributed by atoms with van der Waals surface area (Å²) in [4.78, 5) is 33.6. The van der Waals surface area contributed by atoms with E-state index in [9.17, 15) is 9.18 Å². The number of ether oxygens (including phenoxy) is 3. The summed E-state index contributed by atoms with van der Waals surface area (Å²) in [6, 6.07) is 7.07. The second-order valence-electron chi connectivity index (χ2n) is 9.29. The zero-order valence-corrected chi connectivity index (χ0v) is 21.3. The van der Waals surface area contributed by atoms with Crippen molar-refractivity contribution in [3.63, 3.8) is 0 Å². The predicted molar refractivity (Wildman–Crippen MR) is 138 cm³/mol. The van der Waals surface area contributed by atoms with Crippen molar-refractivity contribution < 1.29 is 23.4 Å². The summed E-state index contributed by atoms with van der Waals surface area (Å²) in [6.07, 6.45) is 2.59. The minimum atomic E-state index is -1.04. The maximum atomic E-state index is 13.9. The lowest BCUT2D eigenvalue weighted by Gasteiger charge is -2.34. The zero-order chi connectivity index (χ0) is 26.9. The predicted octanol–water partition coefficient (Wildman–Crippen LogP) is 2.81. The number of pyridine rings is 2. The minimum Gasteiger partial charge on any atom is -0.474 e. The molecule has 1 fully saturated rings. The van der Waals surface area contributed by atoms with Crippen LogP contribution in [0.4, 0.5) is 39.3 Å². The lowest BCUT2D eigenvalue weighted by atomic mass is 10.1. The lowest BCUT2D eigenvalue weighted by Crippen LogP contribution is -2.46. The molecule has 1 amide bonds. The van der Waals surface area contributed by atoms with Gasteiger partial charge < -0.3 is 30.2 Å². The van der Waals surface area contributed by atoms with Crippen LogP contribution in [0.3, 0.4) is 0 Å². The number of morpholine rings is 1. The summed E-state index contributed by atoms with van der Waals surface area (Å²) < 4.78 is 31.0. The number of nitrogens with zero attached hydrogens (tertiary/aromatic N) is 6. The van der Waals surface area contributed by atoms with Gasteiger partial charge in [0.25, 0.3) is 5.91 Å². The molecule has 1 saturated heterocycles. The van der Waals surface area contributed by atoms with Gasteiger partial charge in [0.1, 0.15) is 11.6 Å². The second-order valence-corrected chi connectivity index (χ2v) is 9.29. The van der Waals surface area contributed by atoms with E-state index in [0.717, 1.165) is 12.0 Å². The number of nitrogens with one attached hydrogen (secondary N) is 1. The Kier molecular flexibility index (Phi) is 6.95. The lowest BCUT2D eigenvalue weighted by molar-refractivity contribution is -0.129. The second kappa shape index (κ2) is 10.3. The maximum absolute atomic E-state index is 13.9. The number of fused-ring (bicyclic) bond motifs is 1. The summed E-state index contributed by atoms with van der Waals surface area (Å²) in [5, 5.41) is 2.77. The molecule has 0 bridgehead atoms. The average Bonchev–Trinajstić information content (AvgIpc) is 2.91. The van der Waals surface area contributed by atoms with E-state index in [-0.39, 0.29) is 29.6 Å². The molecule has 3 aromatic heterocycles. The van der Waals surface area contributed by atoms with E-state index < -0.39 is 11.4 Å². The number of nitrogen functional groups attached to an aromatic ring is 1. The summed E-state index contributed by atoms with van der Waals surface area (Å²) in [7, 11) is 0. The van der Waals surface area contributed by atoms with Crippen LogP contribution in [0, 0.1) is 5.82 Å². The third kappa shape index (κ3) is 5.15. The molecule has 2 aliphatic rings. The van der Waals surface area contributed by atoms with Crippen LogP contribution < -0.4 is 25.6 Å². The highest BCUT2D eigenvalue weighted by atomic mass is 19.1. The smallest absolute Gasteiger partial charge is 0.269 e. The number of anilines is 6. The highest BCUT2D eigenvalue weighted by Crippen LogP contribution is 2.38. The third-order valence-corrected chi connectivity index (χ3v) is 6.14. The molecule has 12 nitrogen and oxygen atoms in total. The quantitative estimate of drug-likeness (QED) is 0.471. The summed E-state index contributed by atoms with van der Waals surface area (Å²) in [5.41, 5.74) is 5.26. The number of amides is 1. The first-order valence-electron chi connectivity index (χ1n) is 12.2. The molecule has 0 spiro atoms. The van der Waals surface area contributed by atoms with E-state index >= 15 is 0 Å². The van der Waals surface area contributed by atoms with Crippen LogP contribution >= 0.6 is 0 Å². The summed E-state index contributed by atoms with van der Waals surface area (Å²) in [6.45, 7) is 8.34. The maximum Gasteiger partial charge on any atom is 0.269 e. The van der Waals surface area contributed by atoms with Gasteiger partial charge in [-0.05, 0) is 45.0 Å². The van der Waals surface area contributed by atoms with E-state index in [1.807, 2.05) is 19.1 Å². The van der Waals surface area contributed by atoms with Gasteiger partial charge in [0.15, 0.2) is 28.8 Å². The SMILES string of the molecule is CCOCC1CN(c2ccc(N(c3ccc4c(n3)NC(=O)C(C)(C)O4)c3ncc(F)c(N)n3)cn2)CCO1. The van der Waals surface area contributed by atoms with E-state index in [2.05, 4.69) is 30.2 Å². The molecule has 3 aromatic rings. The number of aromatic nitrogens is 4. The first kappa shape index (κ1) is 25.5. The molecule has 0 saturated carbocycles. The fraction of sp³-hybridized carbons (Fsp3) is 0.400. The summed E-state index contributed by atoms with van der Waals surface area (Å²) >= 11 is 0. The minimum absolute atomic E-state index is 0.0423. The number of hydrogen-bond donors (Lipinski definition) is 2. The van der Waals surface area contributed by atoms with Crippen molar-refractivity contribution in [1.82, 2.24) is 19.9 Å². The topological polar surface area (TPSA) is 141 Å². The number of carbonyl (C=O) groups is 1. The normalized spacial score (nSPS) is 18.4. The van der Waals surface area contributed by atoms with Crippen molar-refractivity contribution in [2.45, 2.75) is 32.5 Å². The van der Waals surface area contributed by atoms with Gasteiger partial charge in [-0.25, -0.2) is 19.3 Å². The van der Waals surface area contributed by atoms with Crippen LogP contribution in [0.2, 0.25) is 0 Å². The first-order valence-corrected chi connectivity index (χ1v) is 12.2. The number of halogens is 1. The molecule has 5 rings (SSSR count). The Bertz CT molecular complexity index is 1320. The first-order chi connectivity index (χ1) is 18.2. The molecular weight excluding hydrogens is 495 g/mol. The third-order valence-electron chi connectivity index (χ3n) is 6.14. The van der Waals surface area contributed by atoms with Crippen LogP contribution in [-0.4, -0.2) is 70.5 Å². The van der Waals surface area contributed by atoms with Gasteiger partial charge in [-0.1, -0.05) is 0 Å². The molecule has 13 heteroatoms. The van der Waals surface area contributed by atoms with Crippen molar-refractivity contribution >= 4 is 40.8 Å². The van der Waals surface area contributed by atoms with E-state index in [4.69, 9.17) is 19.9 Å². The van der Waals surface area contributed by atoms with Crippen LogP contribution in [0.15, 0.2) is 36.7 Å². The fourth-order valence-corrected chi connectivity index (χ4v) is 4.12. The van der Waals surface area contributed by atoms with Crippen LogP contribution in [0.25, 0.3) is 0 Å². The Morgan fingerprint density at radius 3 is 2.82 bits per heavy atom. The number of rotatable bonds is 7. The molecule has 3 N–H and O–H groups in total. The monoisotopic (exact) mass is 524 g/mol. The number of nitrogens with two attached hydrogens (primary N) is 1.